The maximum absolute atomic E-state index is 12.1. The Hall–Kier alpha value is -2.11. The largest absolute Gasteiger partial charge is 0.481 e. The van der Waals surface area contributed by atoms with Gasteiger partial charge in [-0.25, -0.2) is 4.98 Å². The first-order chi connectivity index (χ1) is 8.56. The van der Waals surface area contributed by atoms with Crippen molar-refractivity contribution in [3.8, 4) is 0 Å². The highest BCUT2D eigenvalue weighted by Gasteiger charge is 2.28. The van der Waals surface area contributed by atoms with E-state index in [0.717, 1.165) is 6.42 Å². The summed E-state index contributed by atoms with van der Waals surface area (Å²) in [6.07, 6.45) is 2.28. The van der Waals surface area contributed by atoms with Crippen molar-refractivity contribution in [2.45, 2.75) is 12.8 Å². The second kappa shape index (κ2) is 5.03. The minimum absolute atomic E-state index is 0.0419. The topological polar surface area (TPSA) is 96.5 Å². The van der Waals surface area contributed by atoms with E-state index >= 15 is 0 Å². The summed E-state index contributed by atoms with van der Waals surface area (Å²) in [6.45, 7) is 1.07. The molecule has 2 heterocycles. The molecule has 1 saturated heterocycles. The monoisotopic (exact) mass is 249 g/mol. The Kier molecular flexibility index (Phi) is 3.45. The van der Waals surface area contributed by atoms with Crippen LogP contribution in [-0.2, 0) is 4.79 Å². The lowest BCUT2D eigenvalue weighted by atomic mass is 10.1. The van der Waals surface area contributed by atoms with Crippen LogP contribution in [0.3, 0.4) is 0 Å². The van der Waals surface area contributed by atoms with Crippen molar-refractivity contribution in [3.63, 3.8) is 0 Å². The van der Waals surface area contributed by atoms with E-state index in [-0.39, 0.29) is 18.2 Å². The van der Waals surface area contributed by atoms with E-state index in [1.165, 1.54) is 6.20 Å². The quantitative estimate of drug-likeness (QED) is 0.817. The van der Waals surface area contributed by atoms with Crippen LogP contribution >= 0.6 is 0 Å². The van der Waals surface area contributed by atoms with Gasteiger partial charge in [0.25, 0.3) is 5.91 Å². The molecule has 96 valence electrons. The van der Waals surface area contributed by atoms with Gasteiger partial charge in [-0.2, -0.15) is 0 Å². The maximum atomic E-state index is 12.1. The van der Waals surface area contributed by atoms with Crippen molar-refractivity contribution in [1.82, 2.24) is 9.88 Å². The zero-order valence-electron chi connectivity index (χ0n) is 9.87. The molecule has 0 saturated carbocycles. The normalized spacial score (nSPS) is 18.9. The van der Waals surface area contributed by atoms with Crippen molar-refractivity contribution in [3.05, 3.63) is 24.0 Å². The number of carboxylic acids is 1. The van der Waals surface area contributed by atoms with Gasteiger partial charge in [0.15, 0.2) is 0 Å². The number of carbonyl (C=O) groups is 2. The second-order valence-electron chi connectivity index (χ2n) is 4.48. The van der Waals surface area contributed by atoms with Gasteiger partial charge < -0.3 is 15.7 Å². The molecule has 1 aliphatic heterocycles. The standard InChI is InChI=1S/C12H15N3O3/c13-9-1-2-10(14-6-9)12(18)15-4-3-8(7-15)5-11(16)17/h1-2,6,8H,3-5,7,13H2,(H,16,17). The second-order valence-corrected chi connectivity index (χ2v) is 4.48. The zero-order chi connectivity index (χ0) is 13.1. The summed E-state index contributed by atoms with van der Waals surface area (Å²) in [5.41, 5.74) is 6.36. The molecule has 1 fully saturated rings. The van der Waals surface area contributed by atoms with E-state index in [2.05, 4.69) is 4.98 Å². The maximum Gasteiger partial charge on any atom is 0.303 e. The number of likely N-dealkylation sites (tertiary alicyclic amines) is 1. The number of hydrogen-bond acceptors (Lipinski definition) is 4. The van der Waals surface area contributed by atoms with Gasteiger partial charge >= 0.3 is 5.97 Å². The minimum atomic E-state index is -0.820. The number of rotatable bonds is 3. The molecular weight excluding hydrogens is 234 g/mol. The third kappa shape index (κ3) is 2.77. The summed E-state index contributed by atoms with van der Waals surface area (Å²) in [5, 5.41) is 8.72. The molecule has 1 aliphatic rings. The first kappa shape index (κ1) is 12.3. The first-order valence-electron chi connectivity index (χ1n) is 5.79. The molecule has 1 amide bonds. The molecule has 18 heavy (non-hydrogen) atoms. The number of nitrogens with zero attached hydrogens (tertiary/aromatic N) is 2. The van der Waals surface area contributed by atoms with E-state index < -0.39 is 5.97 Å². The van der Waals surface area contributed by atoms with Gasteiger partial charge in [-0.05, 0) is 24.5 Å². The molecule has 0 bridgehead atoms. The number of aromatic nitrogens is 1. The predicted octanol–water partition coefficient (Wildman–Crippen LogP) is 0.601. The molecule has 2 rings (SSSR count). The predicted molar refractivity (Wildman–Crippen MR) is 64.9 cm³/mol. The molecule has 0 radical (unpaired) electrons. The number of anilines is 1. The van der Waals surface area contributed by atoms with Crippen LogP contribution in [0, 0.1) is 5.92 Å². The lowest BCUT2D eigenvalue weighted by Crippen LogP contribution is -2.29. The fourth-order valence-corrected chi connectivity index (χ4v) is 2.12. The summed E-state index contributed by atoms with van der Waals surface area (Å²) in [4.78, 5) is 28.3. The number of pyridine rings is 1. The van der Waals surface area contributed by atoms with Crippen molar-refractivity contribution >= 4 is 17.6 Å². The van der Waals surface area contributed by atoms with Gasteiger partial charge in [-0.1, -0.05) is 0 Å². The zero-order valence-corrected chi connectivity index (χ0v) is 9.87. The Morgan fingerprint density at radius 2 is 2.28 bits per heavy atom. The van der Waals surface area contributed by atoms with Crippen LogP contribution < -0.4 is 5.73 Å². The summed E-state index contributed by atoms with van der Waals surface area (Å²) < 4.78 is 0. The van der Waals surface area contributed by atoms with Crippen LogP contribution in [0.25, 0.3) is 0 Å². The Morgan fingerprint density at radius 3 is 2.89 bits per heavy atom. The summed E-state index contributed by atoms with van der Waals surface area (Å²) >= 11 is 0. The molecule has 3 N–H and O–H groups in total. The van der Waals surface area contributed by atoms with Gasteiger partial charge in [0, 0.05) is 19.5 Å². The number of nitrogens with two attached hydrogens (primary N) is 1. The van der Waals surface area contributed by atoms with E-state index in [9.17, 15) is 9.59 Å². The number of carbonyl (C=O) groups excluding carboxylic acids is 1. The highest BCUT2D eigenvalue weighted by Crippen LogP contribution is 2.21. The number of nitrogen functional groups attached to an aromatic ring is 1. The number of carboxylic acid groups (broad SMARTS) is 1. The SMILES string of the molecule is Nc1ccc(C(=O)N2CCC(CC(=O)O)C2)nc1. The van der Waals surface area contributed by atoms with E-state index in [4.69, 9.17) is 10.8 Å². The molecule has 0 aromatic carbocycles. The first-order valence-corrected chi connectivity index (χ1v) is 5.79. The molecule has 1 aromatic rings. The van der Waals surface area contributed by atoms with E-state index in [1.807, 2.05) is 0 Å². The van der Waals surface area contributed by atoms with Crippen molar-refractivity contribution in [2.24, 2.45) is 5.92 Å². The third-order valence-corrected chi connectivity index (χ3v) is 3.04. The molecule has 0 aliphatic carbocycles. The van der Waals surface area contributed by atoms with Crippen LogP contribution in [-0.4, -0.2) is 40.0 Å². The van der Waals surface area contributed by atoms with Crippen molar-refractivity contribution in [1.29, 1.82) is 0 Å². The smallest absolute Gasteiger partial charge is 0.303 e. The van der Waals surface area contributed by atoms with Gasteiger partial charge in [0.05, 0.1) is 11.9 Å². The lowest BCUT2D eigenvalue weighted by Gasteiger charge is -2.15. The molecule has 1 unspecified atom stereocenters. The summed E-state index contributed by atoms with van der Waals surface area (Å²) in [7, 11) is 0. The van der Waals surface area contributed by atoms with Crippen LogP contribution in [0.2, 0.25) is 0 Å². The average Bonchev–Trinajstić information content (AvgIpc) is 2.76. The van der Waals surface area contributed by atoms with Crippen LogP contribution in [0.15, 0.2) is 18.3 Å². The minimum Gasteiger partial charge on any atom is -0.481 e. The molecule has 0 spiro atoms. The Morgan fingerprint density at radius 1 is 1.50 bits per heavy atom. The highest BCUT2D eigenvalue weighted by atomic mass is 16.4. The number of aliphatic carboxylic acids is 1. The fraction of sp³-hybridized carbons (Fsp3) is 0.417. The number of amides is 1. The van der Waals surface area contributed by atoms with Gasteiger partial charge in [-0.15, -0.1) is 0 Å². The van der Waals surface area contributed by atoms with Gasteiger partial charge in [-0.3, -0.25) is 9.59 Å². The van der Waals surface area contributed by atoms with Gasteiger partial charge in [0.1, 0.15) is 5.69 Å². The van der Waals surface area contributed by atoms with Crippen molar-refractivity contribution < 1.29 is 14.7 Å². The molecular formula is C12H15N3O3. The van der Waals surface area contributed by atoms with Gasteiger partial charge in [0.2, 0.25) is 0 Å². The van der Waals surface area contributed by atoms with Crippen LogP contribution in [0.1, 0.15) is 23.3 Å². The van der Waals surface area contributed by atoms with Crippen molar-refractivity contribution in [2.75, 3.05) is 18.8 Å². The Balaban J connectivity index is 1.99. The molecule has 1 aromatic heterocycles. The molecule has 1 atom stereocenters. The summed E-state index contributed by atoms with van der Waals surface area (Å²) in [5.74, 6) is -0.942. The summed E-state index contributed by atoms with van der Waals surface area (Å²) in [6, 6.07) is 3.22. The highest BCUT2D eigenvalue weighted by molar-refractivity contribution is 5.92. The Labute approximate surface area is 104 Å². The van der Waals surface area contributed by atoms with E-state index in [0.29, 0.717) is 24.5 Å². The van der Waals surface area contributed by atoms with E-state index in [1.54, 1.807) is 17.0 Å². The third-order valence-electron chi connectivity index (χ3n) is 3.04. The number of hydrogen-bond donors (Lipinski definition) is 2. The molecule has 6 heteroatoms. The molecule has 6 nitrogen and oxygen atoms in total. The van der Waals surface area contributed by atoms with Crippen LogP contribution in [0.5, 0.6) is 0 Å². The van der Waals surface area contributed by atoms with Crippen LogP contribution in [0.4, 0.5) is 5.69 Å². The Bertz CT molecular complexity index is 458. The lowest BCUT2D eigenvalue weighted by molar-refractivity contribution is -0.138. The average molecular weight is 249 g/mol. The fourth-order valence-electron chi connectivity index (χ4n) is 2.12.